The molecule has 0 amide bonds. The summed E-state index contributed by atoms with van der Waals surface area (Å²) in [5.74, 6) is 1.42. The maximum absolute atomic E-state index is 8.49. The smallest absolute Gasteiger partial charge is 0.271 e. The van der Waals surface area contributed by atoms with Crippen molar-refractivity contribution >= 4 is 0 Å². The maximum atomic E-state index is 8.49. The average Bonchev–Trinajstić information content (AvgIpc) is 3.66. The van der Waals surface area contributed by atoms with Gasteiger partial charge in [-0.05, 0) is 29.8 Å². The second kappa shape index (κ2) is 8.48. The van der Waals surface area contributed by atoms with Gasteiger partial charge in [-0.25, -0.2) is 23.2 Å². The number of para-hydroxylation sites is 1. The van der Waals surface area contributed by atoms with Gasteiger partial charge in [0, 0.05) is 28.5 Å². The molecule has 3 aromatic heterocycles. The van der Waals surface area contributed by atoms with Crippen molar-refractivity contribution in [2.45, 2.75) is 23.8 Å². The van der Waals surface area contributed by atoms with E-state index >= 15 is 0 Å². The topological polar surface area (TPSA) is 127 Å². The van der Waals surface area contributed by atoms with Crippen molar-refractivity contribution in [3.63, 3.8) is 0 Å². The highest BCUT2D eigenvalue weighted by Gasteiger charge is 2.60. The molecule has 2 aliphatic heterocycles. The fraction of sp³-hybridized carbons (Fsp3) is 0.148. The first-order chi connectivity index (χ1) is 17.4. The van der Waals surface area contributed by atoms with Gasteiger partial charge < -0.3 is 8.83 Å². The fourth-order valence-corrected chi connectivity index (χ4v) is 6.03. The highest BCUT2D eigenvalue weighted by Crippen LogP contribution is 2.59. The molecule has 2 atom stereocenters. The minimum absolute atomic E-state index is 0.124. The zero-order valence-corrected chi connectivity index (χ0v) is 19.7. The van der Waals surface area contributed by atoms with Crippen molar-refractivity contribution in [1.29, 1.82) is 0 Å². The first kappa shape index (κ1) is 22.8. The zero-order chi connectivity index (χ0) is 24.9. The normalized spacial score (nSPS) is 19.2. The Morgan fingerprint density at radius 2 is 1.39 bits per heavy atom. The lowest BCUT2D eigenvalue weighted by Gasteiger charge is -2.49. The second-order valence-electron chi connectivity index (χ2n) is 8.92. The second-order valence-corrected chi connectivity index (χ2v) is 9.68. The van der Waals surface area contributed by atoms with Crippen LogP contribution >= 0.6 is 0 Å². The molecule has 5 aromatic rings. The predicted molar refractivity (Wildman–Crippen MR) is 115 cm³/mol. The zero-order valence-electron chi connectivity index (χ0n) is 18.9. The number of benzene rings is 2. The Kier molecular flexibility index (Phi) is 5.36. The van der Waals surface area contributed by atoms with E-state index in [2.05, 4.69) is 88.3 Å². The number of nitrogens with zero attached hydrogens (tertiary/aromatic N) is 2. The number of rotatable bonds is 3. The highest BCUT2D eigenvalue weighted by atomic mass is 35.7. The van der Waals surface area contributed by atoms with Crippen molar-refractivity contribution < 1.29 is 42.3 Å². The molecule has 0 saturated carbocycles. The first-order valence-electron chi connectivity index (χ1n) is 11.3. The summed E-state index contributed by atoms with van der Waals surface area (Å²) in [5.41, 5.74) is 6.12. The number of fused-ring (bicyclic) bond motifs is 1. The molecule has 0 radical (unpaired) electrons. The Morgan fingerprint density at radius 3 is 1.97 bits per heavy atom. The van der Waals surface area contributed by atoms with Crippen molar-refractivity contribution in [1.82, 2.24) is 4.57 Å². The Morgan fingerprint density at radius 1 is 0.806 bits per heavy atom. The lowest BCUT2D eigenvalue weighted by molar-refractivity contribution is -2.00. The van der Waals surface area contributed by atoms with Crippen LogP contribution in [0.1, 0.15) is 46.5 Å². The van der Waals surface area contributed by atoms with Crippen LogP contribution in [0.15, 0.2) is 113 Å². The monoisotopic (exact) mass is 504 g/mol. The minimum Gasteiger partial charge on any atom is -0.472 e. The lowest BCUT2D eigenvalue weighted by atomic mass is 9.55. The van der Waals surface area contributed by atoms with Crippen molar-refractivity contribution in [3.05, 3.63) is 132 Å². The molecule has 3 aliphatic rings. The van der Waals surface area contributed by atoms with E-state index in [1.165, 1.54) is 33.8 Å². The molecule has 0 saturated heterocycles. The molecule has 0 unspecified atom stereocenters. The van der Waals surface area contributed by atoms with Gasteiger partial charge in [0.05, 0.1) is 25.1 Å². The van der Waals surface area contributed by atoms with Crippen LogP contribution in [0.3, 0.4) is 0 Å². The predicted octanol–water partition coefficient (Wildman–Crippen LogP) is 0.620. The largest absolute Gasteiger partial charge is 0.472 e. The van der Waals surface area contributed by atoms with Crippen molar-refractivity contribution in [2.75, 3.05) is 0 Å². The highest BCUT2D eigenvalue weighted by molar-refractivity contribution is 5.54. The number of hydrogen-bond donors (Lipinski definition) is 0. The van der Waals surface area contributed by atoms with E-state index in [1.54, 1.807) is 12.5 Å². The molecule has 8 nitrogen and oxygen atoms in total. The summed E-state index contributed by atoms with van der Waals surface area (Å²) in [6.45, 7) is 0. The standard InChI is InChI=1S/C27H21N2O2.ClHO4/c1-2-6-21(7-3-1)28-12-13-29-24-16-27(19-10-14-30-17-19,20-11-15-31-18-20)25(26(28)29)23-9-5-4-8-22(23)24;2-1(3,4)5/h1-15,17-18,24-25H,16H2;(H,2,3,4,5)/q+1;/p-1/t24-,25+;/m1./s1. The molecule has 2 bridgehead atoms. The third kappa shape index (κ3) is 3.59. The minimum atomic E-state index is -4.94. The Bertz CT molecular complexity index is 1430. The molecular formula is C27H21ClN2O6. The van der Waals surface area contributed by atoms with E-state index in [0.717, 1.165) is 6.42 Å². The molecule has 0 fully saturated rings. The average molecular weight is 505 g/mol. The molecule has 2 aromatic carbocycles. The van der Waals surface area contributed by atoms with Crippen LogP contribution in [0.5, 0.6) is 0 Å². The van der Waals surface area contributed by atoms with Gasteiger partial charge in [-0.3, -0.25) is 0 Å². The molecule has 0 N–H and O–H groups in total. The summed E-state index contributed by atoms with van der Waals surface area (Å²) in [6, 6.07) is 24.0. The fourth-order valence-electron chi connectivity index (χ4n) is 6.03. The third-order valence-electron chi connectivity index (χ3n) is 7.26. The summed E-state index contributed by atoms with van der Waals surface area (Å²) in [4.78, 5) is 0. The van der Waals surface area contributed by atoms with Gasteiger partial charge in [-0.2, -0.15) is 4.57 Å². The number of furan rings is 2. The van der Waals surface area contributed by atoms with E-state index in [1.807, 2.05) is 12.5 Å². The summed E-state index contributed by atoms with van der Waals surface area (Å²) >= 11 is 0. The molecule has 5 heterocycles. The van der Waals surface area contributed by atoms with E-state index in [-0.39, 0.29) is 17.4 Å². The first-order valence-corrected chi connectivity index (χ1v) is 12.5. The van der Waals surface area contributed by atoms with Crippen molar-refractivity contribution in [3.8, 4) is 5.69 Å². The van der Waals surface area contributed by atoms with Crippen molar-refractivity contribution in [2.24, 2.45) is 0 Å². The van der Waals surface area contributed by atoms with E-state index < -0.39 is 10.2 Å². The molecule has 36 heavy (non-hydrogen) atoms. The number of imidazole rings is 1. The summed E-state index contributed by atoms with van der Waals surface area (Å²) in [6.07, 6.45) is 12.8. The van der Waals surface area contributed by atoms with Crippen LogP contribution in [0.2, 0.25) is 0 Å². The maximum Gasteiger partial charge on any atom is 0.271 e. The summed E-state index contributed by atoms with van der Waals surface area (Å²) in [7, 11) is -4.94. The van der Waals surface area contributed by atoms with Gasteiger partial charge in [0.2, 0.25) is 0 Å². The van der Waals surface area contributed by atoms with E-state index in [9.17, 15) is 0 Å². The van der Waals surface area contributed by atoms with Gasteiger partial charge in [-0.1, -0.05) is 42.5 Å². The van der Waals surface area contributed by atoms with Crippen LogP contribution in [0, 0.1) is 10.2 Å². The van der Waals surface area contributed by atoms with Gasteiger partial charge >= 0.3 is 0 Å². The Hall–Kier alpha value is -3.66. The van der Waals surface area contributed by atoms with Gasteiger partial charge in [-0.15, -0.1) is 10.2 Å². The molecule has 8 rings (SSSR count). The molecule has 0 spiro atoms. The van der Waals surface area contributed by atoms with Crippen LogP contribution < -0.4 is 23.2 Å². The number of hydrogen-bond acceptors (Lipinski definition) is 6. The van der Waals surface area contributed by atoms with Gasteiger partial charge in [0.25, 0.3) is 5.82 Å². The summed E-state index contributed by atoms with van der Waals surface area (Å²) < 4.78 is 50.0. The number of aromatic nitrogens is 2. The van der Waals surface area contributed by atoms with Crippen LogP contribution in [-0.2, 0) is 5.41 Å². The van der Waals surface area contributed by atoms with Crippen LogP contribution in [0.25, 0.3) is 5.69 Å². The number of halogens is 1. The van der Waals surface area contributed by atoms with E-state index in [0.29, 0.717) is 0 Å². The Balaban J connectivity index is 0.000000441. The third-order valence-corrected chi connectivity index (χ3v) is 7.26. The molecule has 9 heteroatoms. The lowest BCUT2D eigenvalue weighted by Crippen LogP contribution is -2.68. The van der Waals surface area contributed by atoms with E-state index in [4.69, 9.17) is 27.5 Å². The molecule has 182 valence electrons. The quantitative estimate of drug-likeness (QED) is 0.331. The van der Waals surface area contributed by atoms with Crippen LogP contribution in [-0.4, -0.2) is 4.57 Å². The Labute approximate surface area is 208 Å². The molecular weight excluding hydrogens is 484 g/mol. The van der Waals surface area contributed by atoms with Gasteiger partial charge in [0.15, 0.2) is 0 Å². The molecule has 1 aliphatic carbocycles. The SMILES string of the molecule is [O-][Cl+3]([O-])([O-])[O-].c1ccc(-n2cc[n+]3c2[C@@H]2c4ccccc4[C@H]3CC2(c2ccoc2)c2ccoc2)cc1. The summed E-state index contributed by atoms with van der Waals surface area (Å²) in [5, 5.41) is 0. The van der Waals surface area contributed by atoms with Gasteiger partial charge in [0.1, 0.15) is 30.0 Å². The van der Waals surface area contributed by atoms with Crippen LogP contribution in [0.4, 0.5) is 0 Å².